The van der Waals surface area contributed by atoms with Gasteiger partial charge in [0.15, 0.2) is 0 Å². The van der Waals surface area contributed by atoms with Crippen LogP contribution in [-0.4, -0.2) is 23.6 Å². The maximum atomic E-state index is 13.5. The fourth-order valence-electron chi connectivity index (χ4n) is 2.26. The van der Waals surface area contributed by atoms with Crippen LogP contribution in [-0.2, 0) is 0 Å². The van der Waals surface area contributed by atoms with Crippen LogP contribution in [0.5, 0.6) is 0 Å². The topological polar surface area (TPSA) is 27.0 Å². The van der Waals surface area contributed by atoms with E-state index in [-0.39, 0.29) is 5.56 Å². The summed E-state index contributed by atoms with van der Waals surface area (Å²) in [6.07, 6.45) is 0. The molecule has 2 atom stereocenters. The Hall–Kier alpha value is -1.21. The first-order valence-electron chi connectivity index (χ1n) is 5.71. The normalized spacial score (nSPS) is 24.5. The van der Waals surface area contributed by atoms with Gasteiger partial charge in [0.25, 0.3) is 0 Å². The van der Waals surface area contributed by atoms with E-state index in [4.69, 9.17) is 5.26 Å². The molecule has 0 bridgehead atoms. The highest BCUT2D eigenvalue weighted by Gasteiger charge is 2.24. The zero-order valence-electron chi connectivity index (χ0n) is 9.98. The van der Waals surface area contributed by atoms with E-state index in [9.17, 15) is 4.39 Å². The number of thioether (sulfide) groups is 1. The molecule has 1 saturated heterocycles. The molecule has 17 heavy (non-hydrogen) atoms. The lowest BCUT2D eigenvalue weighted by Gasteiger charge is -2.36. The third-order valence-electron chi connectivity index (χ3n) is 2.86. The second-order valence-electron chi connectivity index (χ2n) is 4.41. The Morgan fingerprint density at radius 2 is 2.00 bits per heavy atom. The molecule has 0 aromatic heterocycles. The van der Waals surface area contributed by atoms with Gasteiger partial charge in [-0.1, -0.05) is 19.9 Å². The Bertz CT molecular complexity index is 445. The number of nitriles is 1. The van der Waals surface area contributed by atoms with Gasteiger partial charge in [-0.3, -0.25) is 0 Å². The molecule has 4 heteroatoms. The molecule has 0 N–H and O–H groups in total. The largest absolute Gasteiger partial charge is 0.368 e. The molecule has 0 radical (unpaired) electrons. The van der Waals surface area contributed by atoms with E-state index < -0.39 is 5.82 Å². The average molecular weight is 250 g/mol. The number of anilines is 1. The highest BCUT2D eigenvalue weighted by Crippen LogP contribution is 2.31. The number of rotatable bonds is 1. The minimum absolute atomic E-state index is 0.166. The van der Waals surface area contributed by atoms with E-state index in [1.54, 1.807) is 6.07 Å². The molecule has 1 heterocycles. The average Bonchev–Trinajstić information content (AvgIpc) is 2.27. The third-order valence-corrected chi connectivity index (χ3v) is 4.09. The Morgan fingerprint density at radius 3 is 2.59 bits per heavy atom. The van der Waals surface area contributed by atoms with Gasteiger partial charge in [-0.15, -0.1) is 0 Å². The lowest BCUT2D eigenvalue weighted by Crippen LogP contribution is -2.40. The lowest BCUT2D eigenvalue weighted by molar-refractivity contribution is 0.621. The molecule has 1 aromatic rings. The number of benzene rings is 1. The molecule has 1 fully saturated rings. The predicted molar refractivity (Wildman–Crippen MR) is 69.8 cm³/mol. The van der Waals surface area contributed by atoms with Gasteiger partial charge in [0.2, 0.25) is 0 Å². The smallest absolute Gasteiger partial charge is 0.143 e. The number of hydrogen-bond acceptors (Lipinski definition) is 3. The molecular formula is C13H15FN2S. The first kappa shape index (κ1) is 12.3. The van der Waals surface area contributed by atoms with Gasteiger partial charge in [-0.05, 0) is 12.1 Å². The van der Waals surface area contributed by atoms with Crippen LogP contribution in [0.2, 0.25) is 0 Å². The summed E-state index contributed by atoms with van der Waals surface area (Å²) in [5.74, 6) is -0.427. The van der Waals surface area contributed by atoms with Gasteiger partial charge in [0, 0.05) is 23.6 Å². The van der Waals surface area contributed by atoms with Crippen LogP contribution in [0.15, 0.2) is 18.2 Å². The van der Waals surface area contributed by atoms with E-state index in [0.717, 1.165) is 18.8 Å². The van der Waals surface area contributed by atoms with Crippen molar-refractivity contribution in [2.75, 3.05) is 18.0 Å². The summed E-state index contributed by atoms with van der Waals surface area (Å²) in [6.45, 7) is 6.07. The number of halogens is 1. The molecule has 1 aromatic carbocycles. The van der Waals surface area contributed by atoms with Gasteiger partial charge in [0.05, 0.1) is 5.69 Å². The zero-order valence-corrected chi connectivity index (χ0v) is 10.8. The van der Waals surface area contributed by atoms with E-state index >= 15 is 0 Å². The molecule has 1 aliphatic heterocycles. The summed E-state index contributed by atoms with van der Waals surface area (Å²) in [5.41, 5.74) is 0.894. The van der Waals surface area contributed by atoms with Crippen molar-refractivity contribution in [2.45, 2.75) is 24.3 Å². The summed E-state index contributed by atoms with van der Waals surface area (Å²) in [4.78, 5) is 2.12. The summed E-state index contributed by atoms with van der Waals surface area (Å²) < 4.78 is 13.5. The minimum Gasteiger partial charge on any atom is -0.368 e. The quantitative estimate of drug-likeness (QED) is 0.766. The van der Waals surface area contributed by atoms with Crippen molar-refractivity contribution in [1.29, 1.82) is 5.26 Å². The highest BCUT2D eigenvalue weighted by atomic mass is 32.2. The fraction of sp³-hybridized carbons (Fsp3) is 0.462. The van der Waals surface area contributed by atoms with Gasteiger partial charge in [-0.2, -0.15) is 17.0 Å². The minimum atomic E-state index is -0.427. The van der Waals surface area contributed by atoms with Crippen molar-refractivity contribution in [3.05, 3.63) is 29.6 Å². The van der Waals surface area contributed by atoms with Crippen LogP contribution in [0, 0.1) is 17.1 Å². The van der Waals surface area contributed by atoms with Crippen LogP contribution in [0.3, 0.4) is 0 Å². The Kier molecular flexibility index (Phi) is 3.58. The summed E-state index contributed by atoms with van der Waals surface area (Å²) in [7, 11) is 0. The van der Waals surface area contributed by atoms with E-state index in [1.807, 2.05) is 23.9 Å². The summed E-state index contributed by atoms with van der Waals surface area (Å²) in [6, 6.07) is 6.81. The molecule has 0 aliphatic carbocycles. The van der Waals surface area contributed by atoms with Gasteiger partial charge >= 0.3 is 0 Å². The maximum absolute atomic E-state index is 13.5. The molecular weight excluding hydrogens is 235 g/mol. The fourth-order valence-corrected chi connectivity index (χ4v) is 3.59. The van der Waals surface area contributed by atoms with E-state index in [0.29, 0.717) is 10.5 Å². The Balaban J connectivity index is 2.34. The second kappa shape index (κ2) is 4.97. The van der Waals surface area contributed by atoms with Gasteiger partial charge < -0.3 is 4.90 Å². The van der Waals surface area contributed by atoms with Crippen molar-refractivity contribution >= 4 is 17.4 Å². The van der Waals surface area contributed by atoms with Crippen LogP contribution >= 0.6 is 11.8 Å². The standard InChI is InChI=1S/C13H15FN2S/c1-9-7-16(8-10(2)17-9)13-5-3-4-12(14)11(13)6-15/h3-5,9-10H,7-8H2,1-2H3. The van der Waals surface area contributed by atoms with Gasteiger partial charge in [0.1, 0.15) is 17.4 Å². The van der Waals surface area contributed by atoms with E-state index in [1.165, 1.54) is 6.07 Å². The highest BCUT2D eigenvalue weighted by molar-refractivity contribution is 8.00. The third kappa shape index (κ3) is 2.55. The number of nitrogens with zero attached hydrogens (tertiary/aromatic N) is 2. The molecule has 2 rings (SSSR count). The molecule has 0 saturated carbocycles. The summed E-state index contributed by atoms with van der Waals surface area (Å²) >= 11 is 1.94. The van der Waals surface area contributed by atoms with Crippen molar-refractivity contribution in [3.8, 4) is 6.07 Å². The van der Waals surface area contributed by atoms with Crippen molar-refractivity contribution in [3.63, 3.8) is 0 Å². The van der Waals surface area contributed by atoms with Crippen LogP contribution < -0.4 is 4.90 Å². The molecule has 1 aliphatic rings. The SMILES string of the molecule is CC1CN(c2cccc(F)c2C#N)CC(C)S1. The molecule has 0 amide bonds. The first-order valence-corrected chi connectivity index (χ1v) is 6.65. The Labute approximate surface area is 105 Å². The predicted octanol–water partition coefficient (Wildman–Crippen LogP) is 3.03. The van der Waals surface area contributed by atoms with Crippen molar-refractivity contribution in [1.82, 2.24) is 0 Å². The zero-order chi connectivity index (χ0) is 12.4. The van der Waals surface area contributed by atoms with Crippen LogP contribution in [0.4, 0.5) is 10.1 Å². The van der Waals surface area contributed by atoms with Crippen molar-refractivity contribution in [2.24, 2.45) is 0 Å². The van der Waals surface area contributed by atoms with Crippen molar-refractivity contribution < 1.29 is 4.39 Å². The van der Waals surface area contributed by atoms with Crippen LogP contribution in [0.25, 0.3) is 0 Å². The molecule has 2 nitrogen and oxygen atoms in total. The van der Waals surface area contributed by atoms with E-state index in [2.05, 4.69) is 18.7 Å². The molecule has 2 unspecified atom stereocenters. The second-order valence-corrected chi connectivity index (χ2v) is 6.29. The van der Waals surface area contributed by atoms with Crippen LogP contribution in [0.1, 0.15) is 19.4 Å². The monoisotopic (exact) mass is 250 g/mol. The summed E-state index contributed by atoms with van der Waals surface area (Å²) in [5, 5.41) is 10.1. The first-order chi connectivity index (χ1) is 8.11. The maximum Gasteiger partial charge on any atom is 0.143 e. The van der Waals surface area contributed by atoms with Gasteiger partial charge in [-0.25, -0.2) is 4.39 Å². The lowest BCUT2D eigenvalue weighted by atomic mass is 10.1. The number of hydrogen-bond donors (Lipinski definition) is 0. The molecule has 0 spiro atoms. The molecule has 90 valence electrons. The Morgan fingerprint density at radius 1 is 1.35 bits per heavy atom.